The van der Waals surface area contributed by atoms with Gasteiger partial charge in [0, 0.05) is 31.1 Å². The van der Waals surface area contributed by atoms with Crippen molar-refractivity contribution in [2.45, 2.75) is 72.0 Å². The summed E-state index contributed by atoms with van der Waals surface area (Å²) in [6.45, 7) is 7.51. The number of carbonyl (C=O) groups is 2. The molecule has 2 amide bonds. The van der Waals surface area contributed by atoms with Crippen molar-refractivity contribution in [3.05, 3.63) is 65.5 Å². The minimum Gasteiger partial charge on any atom is -0.352 e. The van der Waals surface area contributed by atoms with Gasteiger partial charge in [0.2, 0.25) is 21.8 Å². The van der Waals surface area contributed by atoms with Crippen LogP contribution in [0.3, 0.4) is 0 Å². The third kappa shape index (κ3) is 8.33. The van der Waals surface area contributed by atoms with E-state index < -0.39 is 21.9 Å². The Kier molecular flexibility index (Phi) is 10.9. The third-order valence-corrected chi connectivity index (χ3v) is 7.45. The average molecular weight is 520 g/mol. The Morgan fingerprint density at radius 1 is 1.03 bits per heavy atom. The maximum absolute atomic E-state index is 14.4. The molecule has 7 nitrogen and oxygen atoms in total. The fourth-order valence-electron chi connectivity index (χ4n) is 3.76. The van der Waals surface area contributed by atoms with Gasteiger partial charge >= 0.3 is 0 Å². The lowest BCUT2D eigenvalue weighted by Gasteiger charge is -2.30. The fraction of sp³-hybridized carbons (Fsp3) is 0.481. The first-order chi connectivity index (χ1) is 17.0. The van der Waals surface area contributed by atoms with Crippen LogP contribution in [0.2, 0.25) is 0 Å². The zero-order chi connectivity index (χ0) is 26.9. The van der Waals surface area contributed by atoms with Crippen LogP contribution in [0.5, 0.6) is 0 Å². The maximum atomic E-state index is 14.4. The highest BCUT2D eigenvalue weighted by Gasteiger charge is 2.28. The highest BCUT2D eigenvalue weighted by Crippen LogP contribution is 2.20. The lowest BCUT2D eigenvalue weighted by molar-refractivity contribution is -0.141. The molecule has 2 aromatic carbocycles. The number of benzene rings is 2. The van der Waals surface area contributed by atoms with E-state index in [-0.39, 0.29) is 43.8 Å². The van der Waals surface area contributed by atoms with Crippen LogP contribution in [0.15, 0.2) is 48.5 Å². The molecule has 0 heterocycles. The number of hydrogen-bond donors (Lipinski definition) is 1. The molecule has 0 spiro atoms. The van der Waals surface area contributed by atoms with E-state index in [0.717, 1.165) is 24.7 Å². The van der Waals surface area contributed by atoms with Gasteiger partial charge in [-0.3, -0.25) is 13.9 Å². The molecule has 0 aliphatic carbocycles. The molecule has 198 valence electrons. The Morgan fingerprint density at radius 3 is 2.22 bits per heavy atom. The second kappa shape index (κ2) is 13.4. The predicted octanol–water partition coefficient (Wildman–Crippen LogP) is 4.27. The zero-order valence-corrected chi connectivity index (χ0v) is 22.6. The molecule has 36 heavy (non-hydrogen) atoms. The van der Waals surface area contributed by atoms with Crippen LogP contribution in [0.1, 0.15) is 58.1 Å². The van der Waals surface area contributed by atoms with Crippen molar-refractivity contribution < 1.29 is 22.4 Å². The molecule has 2 aromatic rings. The molecular weight excluding hydrogens is 481 g/mol. The molecule has 0 fully saturated rings. The van der Waals surface area contributed by atoms with Crippen molar-refractivity contribution in [3.63, 3.8) is 0 Å². The number of sulfonamides is 1. The summed E-state index contributed by atoms with van der Waals surface area (Å²) in [5, 5.41) is 2.88. The standard InChI is InChI=1S/C27H38FN3O4S/c1-6-20(3)29-27(33)21(4)30(19-23-11-8-9-12-25(23)28)26(32)13-10-18-31(36(5,34)35)24-16-14-22(7-2)15-17-24/h8-9,11-12,14-17,20-21H,6-7,10,13,18-19H2,1-5H3,(H,29,33)/t20-,21-/m1/s1. The van der Waals surface area contributed by atoms with Crippen molar-refractivity contribution in [1.82, 2.24) is 10.2 Å². The van der Waals surface area contributed by atoms with Gasteiger partial charge < -0.3 is 10.2 Å². The van der Waals surface area contributed by atoms with Crippen LogP contribution in [0.25, 0.3) is 0 Å². The van der Waals surface area contributed by atoms with Crippen molar-refractivity contribution in [3.8, 4) is 0 Å². The van der Waals surface area contributed by atoms with Crippen LogP contribution in [-0.2, 0) is 32.6 Å². The summed E-state index contributed by atoms with van der Waals surface area (Å²) >= 11 is 0. The molecule has 2 atom stereocenters. The van der Waals surface area contributed by atoms with E-state index in [1.807, 2.05) is 32.9 Å². The summed E-state index contributed by atoms with van der Waals surface area (Å²) < 4.78 is 40.5. The van der Waals surface area contributed by atoms with E-state index in [2.05, 4.69) is 5.32 Å². The molecule has 0 aliphatic heterocycles. The first kappa shape index (κ1) is 29.3. The first-order valence-corrected chi connectivity index (χ1v) is 14.2. The normalized spacial score (nSPS) is 13.1. The topological polar surface area (TPSA) is 86.8 Å². The van der Waals surface area contributed by atoms with Gasteiger partial charge in [0.1, 0.15) is 11.9 Å². The number of anilines is 1. The lowest BCUT2D eigenvalue weighted by Crippen LogP contribution is -2.49. The molecule has 1 N–H and O–H groups in total. The lowest BCUT2D eigenvalue weighted by atomic mass is 10.1. The summed E-state index contributed by atoms with van der Waals surface area (Å²) in [5.74, 6) is -1.12. The van der Waals surface area contributed by atoms with Gasteiger partial charge in [-0.2, -0.15) is 0 Å². The summed E-state index contributed by atoms with van der Waals surface area (Å²) in [4.78, 5) is 27.4. The van der Waals surface area contributed by atoms with Gasteiger partial charge in [0.05, 0.1) is 11.9 Å². The zero-order valence-electron chi connectivity index (χ0n) is 21.8. The highest BCUT2D eigenvalue weighted by atomic mass is 32.2. The van der Waals surface area contributed by atoms with Gasteiger partial charge in [0.25, 0.3) is 0 Å². The summed E-state index contributed by atoms with van der Waals surface area (Å²) in [6, 6.07) is 12.5. The van der Waals surface area contributed by atoms with Gasteiger partial charge in [-0.1, -0.05) is 44.2 Å². The first-order valence-electron chi connectivity index (χ1n) is 12.4. The summed E-state index contributed by atoms with van der Waals surface area (Å²) in [5.41, 5.74) is 1.94. The van der Waals surface area contributed by atoms with Crippen LogP contribution in [-0.4, -0.2) is 50.0 Å². The smallest absolute Gasteiger partial charge is 0.242 e. The Labute approximate surface area is 214 Å². The second-order valence-corrected chi connectivity index (χ2v) is 11.0. The summed E-state index contributed by atoms with van der Waals surface area (Å²) in [6.07, 6.45) is 2.96. The molecule has 0 unspecified atom stereocenters. The molecule has 0 saturated carbocycles. The maximum Gasteiger partial charge on any atom is 0.242 e. The molecule has 0 radical (unpaired) electrons. The summed E-state index contributed by atoms with van der Waals surface area (Å²) in [7, 11) is -3.56. The highest BCUT2D eigenvalue weighted by molar-refractivity contribution is 7.92. The van der Waals surface area contributed by atoms with E-state index in [1.54, 1.807) is 37.3 Å². The monoisotopic (exact) mass is 519 g/mol. The molecule has 0 saturated heterocycles. The fourth-order valence-corrected chi connectivity index (χ4v) is 4.73. The molecule has 0 aliphatic rings. The largest absolute Gasteiger partial charge is 0.352 e. The van der Waals surface area contributed by atoms with E-state index in [1.165, 1.54) is 15.3 Å². The Morgan fingerprint density at radius 2 is 1.67 bits per heavy atom. The second-order valence-electron chi connectivity index (χ2n) is 9.07. The van der Waals surface area contributed by atoms with Crippen molar-refractivity contribution in [1.29, 1.82) is 0 Å². The Balaban J connectivity index is 2.18. The molecular formula is C27H38FN3O4S. The number of nitrogens with zero attached hydrogens (tertiary/aromatic N) is 2. The molecule has 2 rings (SSSR count). The van der Waals surface area contributed by atoms with Crippen molar-refractivity contribution in [2.75, 3.05) is 17.1 Å². The van der Waals surface area contributed by atoms with Crippen molar-refractivity contribution >= 4 is 27.5 Å². The number of carbonyl (C=O) groups excluding carboxylic acids is 2. The Hall–Kier alpha value is -2.94. The van der Waals surface area contributed by atoms with Crippen LogP contribution < -0.4 is 9.62 Å². The van der Waals surface area contributed by atoms with E-state index in [0.29, 0.717) is 11.3 Å². The number of amides is 2. The number of rotatable bonds is 13. The number of halogens is 1. The van der Waals surface area contributed by atoms with Crippen LogP contribution in [0, 0.1) is 5.82 Å². The molecule has 0 aromatic heterocycles. The molecule has 0 bridgehead atoms. The minimum absolute atomic E-state index is 0.00840. The Bertz CT molecular complexity index is 1120. The number of aryl methyl sites for hydroxylation is 1. The van der Waals surface area contributed by atoms with Gasteiger partial charge in [0.15, 0.2) is 0 Å². The van der Waals surface area contributed by atoms with E-state index in [9.17, 15) is 22.4 Å². The van der Waals surface area contributed by atoms with Crippen LogP contribution in [0.4, 0.5) is 10.1 Å². The van der Waals surface area contributed by atoms with Crippen molar-refractivity contribution in [2.24, 2.45) is 0 Å². The molecule has 9 heteroatoms. The van der Waals surface area contributed by atoms with Crippen LogP contribution >= 0.6 is 0 Å². The number of hydrogen-bond acceptors (Lipinski definition) is 4. The minimum atomic E-state index is -3.56. The SMILES string of the molecule is CCc1ccc(N(CCCC(=O)N(Cc2ccccc2F)[C@H](C)C(=O)N[C@H](C)CC)S(C)(=O)=O)cc1. The third-order valence-electron chi connectivity index (χ3n) is 6.25. The average Bonchev–Trinajstić information content (AvgIpc) is 2.84. The van der Waals surface area contributed by atoms with E-state index >= 15 is 0 Å². The number of nitrogens with one attached hydrogen (secondary N) is 1. The predicted molar refractivity (Wildman–Crippen MR) is 142 cm³/mol. The van der Waals surface area contributed by atoms with Gasteiger partial charge in [-0.15, -0.1) is 0 Å². The van der Waals surface area contributed by atoms with E-state index in [4.69, 9.17) is 0 Å². The van der Waals surface area contributed by atoms with Gasteiger partial charge in [-0.05, 0) is 56.9 Å². The van der Waals surface area contributed by atoms with Gasteiger partial charge in [-0.25, -0.2) is 12.8 Å². The quantitative estimate of drug-likeness (QED) is 0.428.